The topological polar surface area (TPSA) is 80.0 Å². The van der Waals surface area contributed by atoms with Crippen molar-refractivity contribution in [1.82, 2.24) is 15.5 Å². The smallest absolute Gasteiger partial charge is 0.320 e. The third kappa shape index (κ3) is 3.54. The maximum absolute atomic E-state index is 11.7. The van der Waals surface area contributed by atoms with Crippen LogP contribution in [0.1, 0.15) is 29.1 Å². The number of amides is 2. The van der Waals surface area contributed by atoms with Crippen molar-refractivity contribution >= 4 is 23.2 Å². The van der Waals surface area contributed by atoms with Crippen LogP contribution in [0, 0.1) is 13.8 Å². The van der Waals surface area contributed by atoms with E-state index in [-0.39, 0.29) is 11.9 Å². The number of hydrogen-bond acceptors (Lipinski definition) is 5. The van der Waals surface area contributed by atoms with E-state index in [1.54, 1.807) is 11.3 Å². The van der Waals surface area contributed by atoms with E-state index in [9.17, 15) is 4.79 Å². The van der Waals surface area contributed by atoms with Crippen LogP contribution in [0.15, 0.2) is 16.2 Å². The summed E-state index contributed by atoms with van der Waals surface area (Å²) in [6.45, 7) is 6.32. The lowest BCUT2D eigenvalue weighted by molar-refractivity contribution is 0.251. The van der Waals surface area contributed by atoms with Crippen LogP contribution in [0.2, 0.25) is 0 Å². The zero-order valence-corrected chi connectivity index (χ0v) is 11.9. The van der Waals surface area contributed by atoms with Gasteiger partial charge in [-0.2, -0.15) is 0 Å². The summed E-state index contributed by atoms with van der Waals surface area (Å²) in [5.74, 6) is 0.623. The number of hydrogen-bond donors (Lipinski definition) is 2. The molecule has 2 rings (SSSR count). The molecule has 0 aliphatic heterocycles. The lowest BCUT2D eigenvalue weighted by Gasteiger charge is -2.10. The minimum atomic E-state index is -0.294. The lowest BCUT2D eigenvalue weighted by atomic mass is 10.2. The molecule has 2 heterocycles. The van der Waals surface area contributed by atoms with Gasteiger partial charge < -0.3 is 9.84 Å². The molecular weight excluding hydrogens is 264 g/mol. The first-order valence-corrected chi connectivity index (χ1v) is 6.82. The summed E-state index contributed by atoms with van der Waals surface area (Å²) in [7, 11) is 0. The van der Waals surface area contributed by atoms with Crippen molar-refractivity contribution in [2.24, 2.45) is 0 Å². The number of aromatic nitrogens is 2. The Kier molecular flexibility index (Phi) is 4.16. The minimum absolute atomic E-state index is 0.183. The Hall–Kier alpha value is -1.89. The summed E-state index contributed by atoms with van der Waals surface area (Å²) in [4.78, 5) is 16.1. The van der Waals surface area contributed by atoms with Crippen molar-refractivity contribution in [2.75, 3.05) is 11.9 Å². The monoisotopic (exact) mass is 280 g/mol. The molecule has 0 saturated heterocycles. The van der Waals surface area contributed by atoms with Gasteiger partial charge in [0, 0.05) is 29.1 Å². The highest BCUT2D eigenvalue weighted by atomic mass is 32.1. The summed E-state index contributed by atoms with van der Waals surface area (Å²) in [6.07, 6.45) is 1.48. The largest absolute Gasteiger partial charge is 0.362 e. The molecule has 0 saturated carbocycles. The maximum Gasteiger partial charge on any atom is 0.320 e. The van der Waals surface area contributed by atoms with Gasteiger partial charge in [0.1, 0.15) is 6.26 Å². The fraction of sp³-hybridized carbons (Fsp3) is 0.417. The quantitative estimate of drug-likeness (QED) is 0.902. The summed E-state index contributed by atoms with van der Waals surface area (Å²) in [6, 6.07) is -0.294. The van der Waals surface area contributed by atoms with E-state index in [1.807, 2.05) is 26.2 Å². The van der Waals surface area contributed by atoms with Gasteiger partial charge in [-0.05, 0) is 13.8 Å². The lowest BCUT2D eigenvalue weighted by Crippen LogP contribution is -2.32. The molecular formula is C12H16N4O2S. The average Bonchev–Trinajstić information content (AvgIpc) is 2.96. The molecule has 2 aromatic heterocycles. The van der Waals surface area contributed by atoms with E-state index in [4.69, 9.17) is 4.52 Å². The zero-order chi connectivity index (χ0) is 13.8. The number of rotatable bonds is 4. The van der Waals surface area contributed by atoms with Gasteiger partial charge in [-0.25, -0.2) is 9.78 Å². The van der Waals surface area contributed by atoms with Gasteiger partial charge in [-0.15, -0.1) is 11.3 Å². The van der Waals surface area contributed by atoms with Crippen LogP contribution in [0.3, 0.4) is 0 Å². The molecule has 0 aromatic carbocycles. The average molecular weight is 280 g/mol. The Morgan fingerprint density at radius 2 is 2.32 bits per heavy atom. The first kappa shape index (κ1) is 13.5. The standard InChI is InChI=1S/C12H16N4O2S/c1-7(11-14-9(3)6-19-11)4-13-12(17)15-10-8(2)5-18-16-10/h5-7H,4H2,1-3H3,(H2,13,15,16,17)/t7-/m1/s1. The molecule has 19 heavy (non-hydrogen) atoms. The molecule has 102 valence electrons. The molecule has 2 N–H and O–H groups in total. The molecule has 0 bridgehead atoms. The van der Waals surface area contributed by atoms with Gasteiger partial charge in [0.25, 0.3) is 0 Å². The van der Waals surface area contributed by atoms with Gasteiger partial charge in [-0.3, -0.25) is 5.32 Å². The molecule has 2 aromatic rings. The molecule has 1 atom stereocenters. The predicted molar refractivity (Wildman–Crippen MR) is 73.5 cm³/mol. The second kappa shape index (κ2) is 5.83. The van der Waals surface area contributed by atoms with E-state index in [2.05, 4.69) is 20.8 Å². The molecule has 2 amide bonds. The number of anilines is 1. The van der Waals surface area contributed by atoms with Crippen molar-refractivity contribution < 1.29 is 9.32 Å². The number of nitrogens with zero attached hydrogens (tertiary/aromatic N) is 2. The fourth-order valence-electron chi connectivity index (χ4n) is 1.49. The molecule has 7 heteroatoms. The van der Waals surface area contributed by atoms with Gasteiger partial charge >= 0.3 is 6.03 Å². The summed E-state index contributed by atoms with van der Waals surface area (Å²) < 4.78 is 4.74. The van der Waals surface area contributed by atoms with E-state index in [0.29, 0.717) is 12.4 Å². The highest BCUT2D eigenvalue weighted by Crippen LogP contribution is 2.18. The second-order valence-corrected chi connectivity index (χ2v) is 5.30. The second-order valence-electron chi connectivity index (χ2n) is 4.41. The Morgan fingerprint density at radius 3 is 2.89 bits per heavy atom. The van der Waals surface area contributed by atoms with Crippen molar-refractivity contribution in [3.8, 4) is 0 Å². The van der Waals surface area contributed by atoms with E-state index < -0.39 is 0 Å². The fourth-order valence-corrected chi connectivity index (χ4v) is 2.35. The summed E-state index contributed by atoms with van der Waals surface area (Å²) >= 11 is 1.61. The SMILES string of the molecule is Cc1csc([C@H](C)CNC(=O)Nc2nocc2C)n1. The normalized spacial score (nSPS) is 12.2. The third-order valence-corrected chi connectivity index (χ3v) is 3.80. The first-order chi connectivity index (χ1) is 9.06. The zero-order valence-electron chi connectivity index (χ0n) is 11.1. The van der Waals surface area contributed by atoms with Crippen LogP contribution < -0.4 is 10.6 Å². The van der Waals surface area contributed by atoms with Crippen molar-refractivity contribution in [1.29, 1.82) is 0 Å². The molecule has 0 aliphatic carbocycles. The Balaban J connectivity index is 1.82. The van der Waals surface area contributed by atoms with Gasteiger partial charge in [0.2, 0.25) is 0 Å². The van der Waals surface area contributed by atoms with Crippen LogP contribution in [0.5, 0.6) is 0 Å². The predicted octanol–water partition coefficient (Wildman–Crippen LogP) is 2.67. The Bertz CT molecular complexity index is 564. The van der Waals surface area contributed by atoms with Crippen LogP contribution >= 0.6 is 11.3 Å². The molecule has 0 spiro atoms. The molecule has 0 radical (unpaired) electrons. The minimum Gasteiger partial charge on any atom is -0.362 e. The maximum atomic E-state index is 11.7. The molecule has 0 aliphatic rings. The number of nitrogens with one attached hydrogen (secondary N) is 2. The van der Waals surface area contributed by atoms with Crippen molar-refractivity contribution in [2.45, 2.75) is 26.7 Å². The highest BCUT2D eigenvalue weighted by molar-refractivity contribution is 7.09. The molecule has 0 unspecified atom stereocenters. The third-order valence-electron chi connectivity index (χ3n) is 2.61. The number of aryl methyl sites for hydroxylation is 2. The van der Waals surface area contributed by atoms with Crippen molar-refractivity contribution in [3.05, 3.63) is 27.9 Å². The number of thiazole rings is 1. The molecule has 6 nitrogen and oxygen atoms in total. The van der Waals surface area contributed by atoms with Crippen LogP contribution in [-0.2, 0) is 0 Å². The van der Waals surface area contributed by atoms with Gasteiger partial charge in [-0.1, -0.05) is 12.1 Å². The van der Waals surface area contributed by atoms with Gasteiger partial charge in [0.15, 0.2) is 5.82 Å². The number of carbonyl (C=O) groups is 1. The summed E-state index contributed by atoms with van der Waals surface area (Å²) in [5.41, 5.74) is 1.80. The van der Waals surface area contributed by atoms with E-state index in [0.717, 1.165) is 16.3 Å². The Morgan fingerprint density at radius 1 is 1.53 bits per heavy atom. The van der Waals surface area contributed by atoms with E-state index in [1.165, 1.54) is 6.26 Å². The van der Waals surface area contributed by atoms with Crippen LogP contribution in [0.4, 0.5) is 10.6 Å². The van der Waals surface area contributed by atoms with Crippen LogP contribution in [0.25, 0.3) is 0 Å². The van der Waals surface area contributed by atoms with Crippen molar-refractivity contribution in [3.63, 3.8) is 0 Å². The van der Waals surface area contributed by atoms with E-state index >= 15 is 0 Å². The van der Waals surface area contributed by atoms with Crippen LogP contribution in [-0.4, -0.2) is 22.7 Å². The van der Waals surface area contributed by atoms with Gasteiger partial charge in [0.05, 0.1) is 5.01 Å². The summed E-state index contributed by atoms with van der Waals surface area (Å²) in [5, 5.41) is 12.1. The Labute approximate surface area is 115 Å². The highest BCUT2D eigenvalue weighted by Gasteiger charge is 2.12. The first-order valence-electron chi connectivity index (χ1n) is 5.94. The number of carbonyl (C=O) groups excluding carboxylic acids is 1. The molecule has 0 fully saturated rings. The number of urea groups is 1.